The number of aliphatic carboxylic acids is 1. The zero-order valence-electron chi connectivity index (χ0n) is 10.1. The molecule has 6 nitrogen and oxygen atoms in total. The van der Waals surface area contributed by atoms with Crippen LogP contribution in [0, 0.1) is 12.8 Å². The Kier molecular flexibility index (Phi) is 4.25. The van der Waals surface area contributed by atoms with Crippen LogP contribution in [0.4, 0.5) is 0 Å². The molecule has 0 saturated heterocycles. The maximum atomic E-state index is 12.0. The standard InChI is InChI=1S/C11H16N2O4/c1-7(2)5-13(6-10(14)15)11(16)9-4-8(3)12-17-9/h4,7H,5-6H2,1-3H3,(H,14,15). The van der Waals surface area contributed by atoms with Crippen molar-refractivity contribution in [3.05, 3.63) is 17.5 Å². The van der Waals surface area contributed by atoms with E-state index in [0.717, 1.165) is 0 Å². The van der Waals surface area contributed by atoms with Gasteiger partial charge in [0.1, 0.15) is 6.54 Å². The largest absolute Gasteiger partial charge is 0.480 e. The molecule has 1 rings (SSSR count). The van der Waals surface area contributed by atoms with Crippen molar-refractivity contribution in [3.63, 3.8) is 0 Å². The fourth-order valence-electron chi connectivity index (χ4n) is 1.44. The van der Waals surface area contributed by atoms with Crippen LogP contribution in [0.5, 0.6) is 0 Å². The van der Waals surface area contributed by atoms with E-state index in [0.29, 0.717) is 12.2 Å². The normalized spacial score (nSPS) is 10.6. The molecule has 0 bridgehead atoms. The van der Waals surface area contributed by atoms with Crippen molar-refractivity contribution in [2.75, 3.05) is 13.1 Å². The molecular formula is C11H16N2O4. The van der Waals surface area contributed by atoms with Gasteiger partial charge < -0.3 is 14.5 Å². The lowest BCUT2D eigenvalue weighted by Crippen LogP contribution is -2.38. The molecule has 0 aromatic carbocycles. The third-order valence-electron chi connectivity index (χ3n) is 2.04. The second-order valence-electron chi connectivity index (χ2n) is 4.31. The second-order valence-corrected chi connectivity index (χ2v) is 4.31. The summed E-state index contributed by atoms with van der Waals surface area (Å²) in [6.07, 6.45) is 0. The van der Waals surface area contributed by atoms with Gasteiger partial charge in [0.2, 0.25) is 5.76 Å². The number of nitrogens with zero attached hydrogens (tertiary/aromatic N) is 2. The number of amides is 1. The zero-order valence-corrected chi connectivity index (χ0v) is 10.1. The number of hydrogen-bond donors (Lipinski definition) is 1. The Morgan fingerprint density at radius 1 is 1.53 bits per heavy atom. The van der Waals surface area contributed by atoms with E-state index >= 15 is 0 Å². The van der Waals surface area contributed by atoms with E-state index in [1.807, 2.05) is 13.8 Å². The second kappa shape index (κ2) is 5.47. The molecule has 1 N–H and O–H groups in total. The molecular weight excluding hydrogens is 224 g/mol. The van der Waals surface area contributed by atoms with E-state index in [9.17, 15) is 9.59 Å². The van der Waals surface area contributed by atoms with Crippen LogP contribution in [0.15, 0.2) is 10.6 Å². The molecule has 0 radical (unpaired) electrons. The molecule has 94 valence electrons. The molecule has 0 aliphatic heterocycles. The van der Waals surface area contributed by atoms with E-state index in [1.54, 1.807) is 6.92 Å². The lowest BCUT2D eigenvalue weighted by molar-refractivity contribution is -0.137. The van der Waals surface area contributed by atoms with E-state index in [2.05, 4.69) is 5.16 Å². The fraction of sp³-hybridized carbons (Fsp3) is 0.545. The van der Waals surface area contributed by atoms with Crippen molar-refractivity contribution in [3.8, 4) is 0 Å². The predicted molar refractivity (Wildman–Crippen MR) is 59.6 cm³/mol. The van der Waals surface area contributed by atoms with Crippen LogP contribution >= 0.6 is 0 Å². The van der Waals surface area contributed by atoms with Gasteiger partial charge in [-0.1, -0.05) is 19.0 Å². The maximum Gasteiger partial charge on any atom is 0.323 e. The van der Waals surface area contributed by atoms with Gasteiger partial charge in [-0.05, 0) is 12.8 Å². The number of rotatable bonds is 5. The van der Waals surface area contributed by atoms with Crippen LogP contribution < -0.4 is 0 Å². The summed E-state index contributed by atoms with van der Waals surface area (Å²) in [5.41, 5.74) is 0.591. The van der Waals surface area contributed by atoms with Crippen molar-refractivity contribution in [1.82, 2.24) is 10.1 Å². The average molecular weight is 240 g/mol. The minimum absolute atomic E-state index is 0.0735. The number of aromatic nitrogens is 1. The summed E-state index contributed by atoms with van der Waals surface area (Å²) in [5.74, 6) is -1.23. The minimum atomic E-state index is -1.05. The third kappa shape index (κ3) is 3.90. The number of hydrogen-bond acceptors (Lipinski definition) is 4. The molecule has 0 atom stereocenters. The van der Waals surface area contributed by atoms with Gasteiger partial charge in [-0.25, -0.2) is 0 Å². The van der Waals surface area contributed by atoms with E-state index in [-0.39, 0.29) is 18.2 Å². The molecule has 0 unspecified atom stereocenters. The lowest BCUT2D eigenvalue weighted by atomic mass is 10.2. The molecule has 0 spiro atoms. The Balaban J connectivity index is 2.82. The van der Waals surface area contributed by atoms with Crippen molar-refractivity contribution in [1.29, 1.82) is 0 Å². The number of carbonyl (C=O) groups excluding carboxylic acids is 1. The first-order valence-electron chi connectivity index (χ1n) is 5.34. The van der Waals surface area contributed by atoms with E-state index in [1.165, 1.54) is 11.0 Å². The number of carboxylic acids is 1. The van der Waals surface area contributed by atoms with Gasteiger partial charge in [0.05, 0.1) is 5.69 Å². The zero-order chi connectivity index (χ0) is 13.0. The van der Waals surface area contributed by atoms with Crippen LogP contribution in [-0.2, 0) is 4.79 Å². The molecule has 1 heterocycles. The Hall–Kier alpha value is -1.85. The summed E-state index contributed by atoms with van der Waals surface area (Å²) in [6.45, 7) is 5.55. The molecule has 6 heteroatoms. The first-order chi connectivity index (χ1) is 7.90. The molecule has 0 aliphatic carbocycles. The SMILES string of the molecule is Cc1cc(C(=O)N(CC(=O)O)CC(C)C)on1. The molecule has 17 heavy (non-hydrogen) atoms. The van der Waals surface area contributed by atoms with Gasteiger partial charge in [-0.2, -0.15) is 0 Å². The van der Waals surface area contributed by atoms with Gasteiger partial charge in [0.25, 0.3) is 5.91 Å². The van der Waals surface area contributed by atoms with Crippen LogP contribution in [0.25, 0.3) is 0 Å². The summed E-state index contributed by atoms with van der Waals surface area (Å²) in [5, 5.41) is 12.4. The highest BCUT2D eigenvalue weighted by molar-refractivity contribution is 5.93. The van der Waals surface area contributed by atoms with Crippen molar-refractivity contribution >= 4 is 11.9 Å². The summed E-state index contributed by atoms with van der Waals surface area (Å²) in [7, 11) is 0. The number of carbonyl (C=O) groups is 2. The van der Waals surface area contributed by atoms with Crippen molar-refractivity contribution in [2.24, 2.45) is 5.92 Å². The van der Waals surface area contributed by atoms with Crippen molar-refractivity contribution < 1.29 is 19.2 Å². The summed E-state index contributed by atoms with van der Waals surface area (Å²) < 4.78 is 4.84. The van der Waals surface area contributed by atoms with E-state index in [4.69, 9.17) is 9.63 Å². The van der Waals surface area contributed by atoms with Gasteiger partial charge >= 0.3 is 5.97 Å². The van der Waals surface area contributed by atoms with Gasteiger partial charge in [0, 0.05) is 12.6 Å². The summed E-state index contributed by atoms with van der Waals surface area (Å²) in [4.78, 5) is 23.9. The van der Waals surface area contributed by atoms with Gasteiger partial charge in [-0.3, -0.25) is 9.59 Å². The maximum absolute atomic E-state index is 12.0. The smallest absolute Gasteiger partial charge is 0.323 e. The number of aryl methyl sites for hydroxylation is 1. The molecule has 1 amide bonds. The summed E-state index contributed by atoms with van der Waals surface area (Å²) in [6, 6.07) is 1.50. The monoisotopic (exact) mass is 240 g/mol. The molecule has 1 aromatic heterocycles. The first kappa shape index (κ1) is 13.2. The highest BCUT2D eigenvalue weighted by Crippen LogP contribution is 2.09. The quantitative estimate of drug-likeness (QED) is 0.835. The Morgan fingerprint density at radius 3 is 2.59 bits per heavy atom. The lowest BCUT2D eigenvalue weighted by Gasteiger charge is -2.21. The summed E-state index contributed by atoms with van der Waals surface area (Å²) >= 11 is 0. The molecule has 0 aliphatic rings. The van der Waals surface area contributed by atoms with Crippen LogP contribution in [0.1, 0.15) is 30.1 Å². The van der Waals surface area contributed by atoms with Crippen molar-refractivity contribution in [2.45, 2.75) is 20.8 Å². The minimum Gasteiger partial charge on any atom is -0.480 e. The number of carboxylic acid groups (broad SMARTS) is 1. The highest BCUT2D eigenvalue weighted by Gasteiger charge is 2.22. The van der Waals surface area contributed by atoms with E-state index < -0.39 is 11.9 Å². The third-order valence-corrected chi connectivity index (χ3v) is 2.04. The van der Waals surface area contributed by atoms with Crippen LogP contribution in [-0.4, -0.2) is 40.1 Å². The highest BCUT2D eigenvalue weighted by atomic mass is 16.5. The van der Waals surface area contributed by atoms with Crippen LogP contribution in [0.3, 0.4) is 0 Å². The molecule has 0 saturated carbocycles. The topological polar surface area (TPSA) is 83.6 Å². The predicted octanol–water partition coefficient (Wildman–Crippen LogP) is 1.17. The average Bonchev–Trinajstić information content (AvgIpc) is 2.61. The first-order valence-corrected chi connectivity index (χ1v) is 5.34. The van der Waals surface area contributed by atoms with Crippen LogP contribution in [0.2, 0.25) is 0 Å². The molecule has 1 aromatic rings. The Labute approximate surface area is 99.2 Å². The van der Waals surface area contributed by atoms with Gasteiger partial charge in [0.15, 0.2) is 0 Å². The fourth-order valence-corrected chi connectivity index (χ4v) is 1.44. The van der Waals surface area contributed by atoms with Gasteiger partial charge in [-0.15, -0.1) is 0 Å². The Bertz CT molecular complexity index is 411. The Morgan fingerprint density at radius 2 is 2.18 bits per heavy atom. The molecule has 0 fully saturated rings.